The number of nitrogens with zero attached hydrogens (tertiary/aromatic N) is 5. The van der Waals surface area contributed by atoms with Gasteiger partial charge in [-0.1, -0.05) is 50.0 Å². The zero-order valence-electron chi connectivity index (χ0n) is 26.9. The molecule has 1 N–H and O–H groups in total. The predicted octanol–water partition coefficient (Wildman–Crippen LogP) is 4.96. The summed E-state index contributed by atoms with van der Waals surface area (Å²) in [6.07, 6.45) is -1.41. The number of anilines is 1. The van der Waals surface area contributed by atoms with E-state index in [-0.39, 0.29) is 18.3 Å². The molecule has 2 aromatic heterocycles. The van der Waals surface area contributed by atoms with Crippen LogP contribution in [0.3, 0.4) is 0 Å². The lowest BCUT2D eigenvalue weighted by atomic mass is 10.1. The molecule has 0 aliphatic rings. The van der Waals surface area contributed by atoms with Crippen LogP contribution in [0.1, 0.15) is 18.6 Å². The molecule has 12 nitrogen and oxygen atoms in total. The number of methoxy groups -OCH3 is 4. The van der Waals surface area contributed by atoms with Crippen LogP contribution in [0.25, 0.3) is 17.2 Å². The van der Waals surface area contributed by atoms with E-state index in [1.807, 2.05) is 0 Å². The molecule has 2 atom stereocenters. The van der Waals surface area contributed by atoms with Crippen LogP contribution in [0.2, 0.25) is 25.7 Å². The largest absolute Gasteiger partial charge is 0.496 e. The number of rotatable bonds is 14. The first-order valence-corrected chi connectivity index (χ1v) is 19.6. The maximum atomic E-state index is 14.7. The van der Waals surface area contributed by atoms with Gasteiger partial charge in [0.1, 0.15) is 40.0 Å². The van der Waals surface area contributed by atoms with Crippen molar-refractivity contribution >= 4 is 24.0 Å². The van der Waals surface area contributed by atoms with E-state index in [2.05, 4.69) is 34.8 Å². The number of aliphatic hydroxyl groups is 1. The lowest BCUT2D eigenvalue weighted by Crippen LogP contribution is -2.44. The summed E-state index contributed by atoms with van der Waals surface area (Å²) in [5.74, 6) is 1.74. The number of aliphatic hydroxyl groups excluding tert-OH is 1. The Bertz CT molecular complexity index is 1700. The second-order valence-corrected chi connectivity index (χ2v) is 19.4. The van der Waals surface area contributed by atoms with E-state index >= 15 is 0 Å². The lowest BCUT2D eigenvalue weighted by molar-refractivity contribution is 0.171. The Labute approximate surface area is 265 Å². The minimum Gasteiger partial charge on any atom is -0.496 e. The van der Waals surface area contributed by atoms with Gasteiger partial charge in [-0.3, -0.25) is 4.57 Å². The maximum Gasteiger partial charge on any atom is 0.246 e. The van der Waals surface area contributed by atoms with Gasteiger partial charge < -0.3 is 24.1 Å². The number of ether oxygens (including phenoxy) is 4. The van der Waals surface area contributed by atoms with Crippen LogP contribution in [0.15, 0.2) is 60.7 Å². The van der Waals surface area contributed by atoms with Crippen molar-refractivity contribution in [2.24, 2.45) is 0 Å². The first kappa shape index (κ1) is 33.7. The molecule has 0 radical (unpaired) electrons. The highest BCUT2D eigenvalue weighted by Gasteiger charge is 2.40. The van der Waals surface area contributed by atoms with Crippen LogP contribution < -0.4 is 23.3 Å². The third-order valence-electron chi connectivity index (χ3n) is 7.40. The minimum absolute atomic E-state index is 0.00486. The van der Waals surface area contributed by atoms with Gasteiger partial charge >= 0.3 is 0 Å². The van der Waals surface area contributed by atoms with Crippen molar-refractivity contribution in [1.29, 1.82) is 0 Å². The molecule has 1 unspecified atom stereocenters. The average Bonchev–Trinajstić information content (AvgIpc) is 3.46. The Kier molecular flexibility index (Phi) is 10.4. The summed E-state index contributed by atoms with van der Waals surface area (Å²) < 4.78 is 54.4. The molecule has 0 bridgehead atoms. The van der Waals surface area contributed by atoms with Gasteiger partial charge in [0.15, 0.2) is 5.82 Å². The number of sulfonamides is 1. The Morgan fingerprint density at radius 1 is 0.844 bits per heavy atom. The molecule has 0 fully saturated rings. The minimum atomic E-state index is -4.30. The van der Waals surface area contributed by atoms with Crippen LogP contribution in [0.4, 0.5) is 5.95 Å². The Morgan fingerprint density at radius 3 is 2.04 bits per heavy atom. The number of pyridine rings is 1. The third kappa shape index (κ3) is 7.07. The molecular formula is C31H41N5O7SSi. The van der Waals surface area contributed by atoms with E-state index in [0.717, 1.165) is 0 Å². The molecule has 0 aliphatic heterocycles. The molecule has 0 spiro atoms. The van der Waals surface area contributed by atoms with E-state index in [4.69, 9.17) is 18.9 Å². The Hall–Kier alpha value is -4.14. The average molecular weight is 656 g/mol. The predicted molar refractivity (Wildman–Crippen MR) is 176 cm³/mol. The number of hydrogen-bond acceptors (Lipinski definition) is 10. The summed E-state index contributed by atoms with van der Waals surface area (Å²) in [4.78, 5) is 4.56. The van der Waals surface area contributed by atoms with E-state index in [1.165, 1.54) is 39.7 Å². The van der Waals surface area contributed by atoms with Gasteiger partial charge in [0.2, 0.25) is 21.9 Å². The molecular weight excluding hydrogens is 615 g/mol. The normalized spacial score (nSPS) is 13.2. The summed E-state index contributed by atoms with van der Waals surface area (Å²) in [6, 6.07) is 17.8. The highest BCUT2D eigenvalue weighted by molar-refractivity contribution is 7.93. The van der Waals surface area contributed by atoms with Crippen molar-refractivity contribution in [3.8, 4) is 40.3 Å². The second-order valence-electron chi connectivity index (χ2n) is 11.6. The molecule has 4 aromatic rings. The third-order valence-corrected chi connectivity index (χ3v) is 11.3. The van der Waals surface area contributed by atoms with Crippen molar-refractivity contribution in [3.05, 3.63) is 66.2 Å². The van der Waals surface area contributed by atoms with Gasteiger partial charge in [-0.2, -0.15) is 0 Å². The standard InChI is InChI=1S/C31H41N5O7SSi/c1-21(29(37)22-13-9-10-15-24(22)40-2)44(38,39)35(19-20-45(6,7)8)31-34-33-30(23-14-11-18-27(32-23)43-5)36(31)28-25(41-3)16-12-17-26(28)42-4/h9-18,21,29,37H,19-20H2,1-8H3/t21?,29-/m1/s1. The molecule has 0 amide bonds. The van der Waals surface area contributed by atoms with Gasteiger partial charge in [-0.05, 0) is 37.2 Å². The summed E-state index contributed by atoms with van der Waals surface area (Å²) >= 11 is 0. The fourth-order valence-corrected chi connectivity index (χ4v) is 7.44. The first-order chi connectivity index (χ1) is 21.4. The van der Waals surface area contributed by atoms with Crippen molar-refractivity contribution in [1.82, 2.24) is 19.7 Å². The molecule has 0 saturated carbocycles. The summed E-state index contributed by atoms with van der Waals surface area (Å²) in [5, 5.41) is 19.1. The van der Waals surface area contributed by atoms with Gasteiger partial charge in [0.25, 0.3) is 0 Å². The highest BCUT2D eigenvalue weighted by atomic mass is 32.2. The van der Waals surface area contributed by atoms with Gasteiger partial charge in [0, 0.05) is 26.2 Å². The maximum absolute atomic E-state index is 14.7. The number of hydrogen-bond donors (Lipinski definition) is 1. The fraction of sp³-hybridized carbons (Fsp3) is 0.387. The Balaban J connectivity index is 2.00. The lowest BCUT2D eigenvalue weighted by Gasteiger charge is -2.31. The van der Waals surface area contributed by atoms with E-state index < -0.39 is 29.5 Å². The van der Waals surface area contributed by atoms with Crippen molar-refractivity contribution < 1.29 is 32.5 Å². The van der Waals surface area contributed by atoms with Crippen LogP contribution in [0, 0.1) is 0 Å². The molecule has 14 heteroatoms. The topological polar surface area (TPSA) is 138 Å². The van der Waals surface area contributed by atoms with E-state index in [1.54, 1.807) is 65.2 Å². The quantitative estimate of drug-likeness (QED) is 0.186. The Morgan fingerprint density at radius 2 is 1.44 bits per heavy atom. The molecule has 2 heterocycles. The zero-order chi connectivity index (χ0) is 32.9. The van der Waals surface area contributed by atoms with Gasteiger partial charge in [-0.15, -0.1) is 10.2 Å². The summed E-state index contributed by atoms with van der Waals surface area (Å²) in [7, 11) is -0.0975. The first-order valence-electron chi connectivity index (χ1n) is 14.4. The number of aromatic nitrogens is 4. The van der Waals surface area contributed by atoms with Crippen molar-refractivity contribution in [2.75, 3.05) is 39.3 Å². The fourth-order valence-electron chi connectivity index (χ4n) is 4.82. The van der Waals surface area contributed by atoms with E-state index in [9.17, 15) is 13.5 Å². The highest BCUT2D eigenvalue weighted by Crippen LogP contribution is 2.40. The number of benzene rings is 2. The molecule has 242 valence electrons. The molecule has 45 heavy (non-hydrogen) atoms. The summed E-state index contributed by atoms with van der Waals surface area (Å²) in [6.45, 7) is 8.05. The van der Waals surface area contributed by atoms with Crippen molar-refractivity contribution in [3.63, 3.8) is 0 Å². The van der Waals surface area contributed by atoms with Crippen molar-refractivity contribution in [2.45, 2.75) is 44.0 Å². The van der Waals surface area contributed by atoms with Crippen LogP contribution in [-0.2, 0) is 10.0 Å². The monoisotopic (exact) mass is 655 g/mol. The zero-order valence-corrected chi connectivity index (χ0v) is 28.7. The smallest absolute Gasteiger partial charge is 0.246 e. The SMILES string of the molecule is COc1cccc(-c2nnc(N(CC[Si](C)(C)C)S(=O)(=O)C(C)[C@@H](O)c3ccccc3OC)n2-c2c(OC)cccc2OC)n1. The number of para-hydroxylation sites is 2. The van der Waals surface area contributed by atoms with Gasteiger partial charge in [0.05, 0.1) is 28.4 Å². The summed E-state index contributed by atoms with van der Waals surface area (Å²) in [5.41, 5.74) is 1.12. The molecule has 2 aromatic carbocycles. The second kappa shape index (κ2) is 13.9. The van der Waals surface area contributed by atoms with Crippen LogP contribution in [0.5, 0.6) is 23.1 Å². The molecule has 0 aliphatic carbocycles. The molecule has 4 rings (SSSR count). The van der Waals surface area contributed by atoms with Gasteiger partial charge in [-0.25, -0.2) is 17.7 Å². The molecule has 0 saturated heterocycles. The van der Waals surface area contributed by atoms with Crippen LogP contribution >= 0.6 is 0 Å². The van der Waals surface area contributed by atoms with Crippen LogP contribution in [-0.4, -0.2) is 81.6 Å². The van der Waals surface area contributed by atoms with E-state index in [0.29, 0.717) is 46.1 Å².